The number of carbonyl (C=O) groups is 4. The van der Waals surface area contributed by atoms with Crippen LogP contribution in [0, 0.1) is 5.41 Å². The summed E-state index contributed by atoms with van der Waals surface area (Å²) in [6, 6.07) is 4.60. The van der Waals surface area contributed by atoms with Gasteiger partial charge in [-0.05, 0) is 12.1 Å². The lowest BCUT2D eigenvalue weighted by molar-refractivity contribution is -0.105. The van der Waals surface area contributed by atoms with Gasteiger partial charge in [0.05, 0.1) is 22.8 Å². The topological polar surface area (TPSA) is 181 Å². The molecule has 3 rings (SSSR count). The van der Waals surface area contributed by atoms with E-state index < -0.39 is 11.8 Å². The molecule has 0 saturated heterocycles. The first-order valence-electron chi connectivity index (χ1n) is 10.5. The van der Waals surface area contributed by atoms with Crippen LogP contribution in [0.15, 0.2) is 36.8 Å². The monoisotopic (exact) mass is 481 g/mol. The Morgan fingerprint density at radius 1 is 0.886 bits per heavy atom. The summed E-state index contributed by atoms with van der Waals surface area (Å²) < 4.78 is 4.74. The third kappa shape index (κ3) is 5.96. The first-order chi connectivity index (χ1) is 16.6. The minimum atomic E-state index is -0.436. The van der Waals surface area contributed by atoms with Crippen molar-refractivity contribution in [1.29, 1.82) is 5.41 Å². The second-order valence-electron chi connectivity index (χ2n) is 7.88. The highest BCUT2D eigenvalue weighted by molar-refractivity contribution is 6.07. The fraction of sp³-hybridized carbons (Fsp3) is 0.227. The number of hydrogen-bond acceptors (Lipinski definition) is 5. The molecule has 0 aliphatic heterocycles. The van der Waals surface area contributed by atoms with E-state index in [-0.39, 0.29) is 36.0 Å². The molecule has 0 spiro atoms. The van der Waals surface area contributed by atoms with Crippen LogP contribution in [-0.4, -0.2) is 50.2 Å². The molecule has 0 bridgehead atoms. The van der Waals surface area contributed by atoms with Crippen molar-refractivity contribution in [2.24, 2.45) is 26.9 Å². The second-order valence-corrected chi connectivity index (χ2v) is 7.88. The fourth-order valence-corrected chi connectivity index (χ4v) is 3.39. The maximum atomic E-state index is 12.8. The highest BCUT2D eigenvalue weighted by Crippen LogP contribution is 2.21. The Balaban J connectivity index is 1.66. The summed E-state index contributed by atoms with van der Waals surface area (Å²) in [4.78, 5) is 48.4. The van der Waals surface area contributed by atoms with Gasteiger partial charge in [0, 0.05) is 58.8 Å². The Morgan fingerprint density at radius 2 is 1.54 bits per heavy atom. The lowest BCUT2D eigenvalue weighted by atomic mass is 10.2. The summed E-state index contributed by atoms with van der Waals surface area (Å²) in [5.74, 6) is -0.813. The number of nitrogens with two attached hydrogens (primary N) is 1. The molecule has 3 aromatic rings. The van der Waals surface area contributed by atoms with E-state index in [9.17, 15) is 19.2 Å². The summed E-state index contributed by atoms with van der Waals surface area (Å²) in [6.45, 7) is 0.219. The molecule has 3 heterocycles. The summed E-state index contributed by atoms with van der Waals surface area (Å²) in [6.07, 6.45) is 5.54. The van der Waals surface area contributed by atoms with E-state index in [4.69, 9.17) is 11.1 Å². The molecule has 7 N–H and O–H groups in total. The number of rotatable bonds is 10. The molecule has 0 saturated carbocycles. The van der Waals surface area contributed by atoms with E-state index >= 15 is 0 Å². The third-order valence-electron chi connectivity index (χ3n) is 5.15. The van der Waals surface area contributed by atoms with Crippen molar-refractivity contribution in [2.45, 2.75) is 6.42 Å². The number of amidine groups is 1. The van der Waals surface area contributed by atoms with Crippen LogP contribution in [-0.2, 0) is 25.9 Å². The van der Waals surface area contributed by atoms with Crippen molar-refractivity contribution in [3.05, 3.63) is 53.7 Å². The van der Waals surface area contributed by atoms with E-state index in [1.807, 2.05) is 0 Å². The van der Waals surface area contributed by atoms with E-state index in [2.05, 4.69) is 21.3 Å². The van der Waals surface area contributed by atoms with Crippen LogP contribution in [0.5, 0.6) is 0 Å². The van der Waals surface area contributed by atoms with E-state index in [1.54, 1.807) is 54.8 Å². The Bertz CT molecular complexity index is 1300. The molecule has 0 radical (unpaired) electrons. The van der Waals surface area contributed by atoms with Gasteiger partial charge in [-0.3, -0.25) is 24.6 Å². The van der Waals surface area contributed by atoms with Gasteiger partial charge in [0.15, 0.2) is 0 Å². The summed E-state index contributed by atoms with van der Waals surface area (Å²) >= 11 is 0. The van der Waals surface area contributed by atoms with Gasteiger partial charge in [-0.1, -0.05) is 0 Å². The van der Waals surface area contributed by atoms with Gasteiger partial charge >= 0.3 is 0 Å². The maximum absolute atomic E-state index is 12.8. The molecule has 0 unspecified atom stereocenters. The highest BCUT2D eigenvalue weighted by Gasteiger charge is 2.18. The number of nitrogens with one attached hydrogen (secondary N) is 5. The lowest BCUT2D eigenvalue weighted by Crippen LogP contribution is -2.28. The van der Waals surface area contributed by atoms with Crippen LogP contribution >= 0.6 is 0 Å². The van der Waals surface area contributed by atoms with E-state index in [0.29, 0.717) is 29.3 Å². The van der Waals surface area contributed by atoms with Crippen LogP contribution < -0.4 is 27.0 Å². The first kappa shape index (κ1) is 24.8. The van der Waals surface area contributed by atoms with Crippen molar-refractivity contribution < 1.29 is 19.2 Å². The Morgan fingerprint density at radius 3 is 2.23 bits per heavy atom. The number of aryl methyl sites for hydroxylation is 3. The van der Waals surface area contributed by atoms with Gasteiger partial charge in [0.2, 0.25) is 6.41 Å². The SMILES string of the molecule is Cn1cc(NC(=O)c2cc(NC=O)cn2C)cc1NC(=O)c1cc(C(=O)NCCC(=N)N)n(C)c1. The molecule has 13 heteroatoms. The van der Waals surface area contributed by atoms with Crippen molar-refractivity contribution in [3.63, 3.8) is 0 Å². The zero-order valence-corrected chi connectivity index (χ0v) is 19.5. The quantitative estimate of drug-likeness (QED) is 0.142. The van der Waals surface area contributed by atoms with Crippen LogP contribution in [0.4, 0.5) is 17.2 Å². The normalized spacial score (nSPS) is 10.5. The molecule has 0 atom stereocenters. The standard InChI is InChI=1S/C22H27N9O4/c1-29-9-13(6-16(29)21(34)25-5-4-18(23)24)20(33)28-19-8-15(11-31(19)3)27-22(35)17-7-14(26-12-32)10-30(17)2/h6-12H,4-5H2,1-3H3,(H3,23,24)(H,25,34)(H,26,32)(H,27,35)(H,28,33). The van der Waals surface area contributed by atoms with Crippen LogP contribution in [0.2, 0.25) is 0 Å². The van der Waals surface area contributed by atoms with Gasteiger partial charge in [-0.2, -0.15) is 0 Å². The maximum Gasteiger partial charge on any atom is 0.272 e. The molecular formula is C22H27N9O4. The molecular weight excluding hydrogens is 454 g/mol. The number of amides is 4. The molecule has 35 heavy (non-hydrogen) atoms. The zero-order valence-electron chi connectivity index (χ0n) is 19.5. The molecule has 4 amide bonds. The number of hydrogen-bond donors (Lipinski definition) is 6. The molecule has 184 valence electrons. The van der Waals surface area contributed by atoms with Gasteiger partial charge in [0.25, 0.3) is 17.7 Å². The van der Waals surface area contributed by atoms with Crippen molar-refractivity contribution in [1.82, 2.24) is 19.0 Å². The minimum absolute atomic E-state index is 0.0290. The number of carbonyl (C=O) groups excluding carboxylic acids is 4. The van der Waals surface area contributed by atoms with Crippen molar-refractivity contribution >= 4 is 47.2 Å². The lowest BCUT2D eigenvalue weighted by Gasteiger charge is -2.04. The number of aromatic nitrogens is 3. The molecule has 3 aromatic heterocycles. The first-order valence-corrected chi connectivity index (χ1v) is 10.5. The van der Waals surface area contributed by atoms with Gasteiger partial charge in [-0.25, -0.2) is 0 Å². The molecule has 0 aliphatic carbocycles. The molecule has 0 aromatic carbocycles. The van der Waals surface area contributed by atoms with Gasteiger partial charge < -0.3 is 40.7 Å². The Labute approximate surface area is 200 Å². The largest absolute Gasteiger partial charge is 0.388 e. The van der Waals surface area contributed by atoms with Crippen LogP contribution in [0.3, 0.4) is 0 Å². The van der Waals surface area contributed by atoms with Crippen molar-refractivity contribution in [3.8, 4) is 0 Å². The van der Waals surface area contributed by atoms with Crippen LogP contribution in [0.25, 0.3) is 0 Å². The number of nitrogens with zero attached hydrogens (tertiary/aromatic N) is 3. The average Bonchev–Trinajstić information content (AvgIpc) is 3.45. The smallest absolute Gasteiger partial charge is 0.272 e. The highest BCUT2D eigenvalue weighted by atomic mass is 16.2. The molecule has 0 fully saturated rings. The van der Waals surface area contributed by atoms with Gasteiger partial charge in [0.1, 0.15) is 17.2 Å². The average molecular weight is 482 g/mol. The van der Waals surface area contributed by atoms with Gasteiger partial charge in [-0.15, -0.1) is 0 Å². The van der Waals surface area contributed by atoms with E-state index in [1.165, 1.54) is 16.8 Å². The summed E-state index contributed by atoms with van der Waals surface area (Å²) in [5, 5.41) is 17.9. The second kappa shape index (κ2) is 10.4. The minimum Gasteiger partial charge on any atom is -0.388 e. The Kier molecular flexibility index (Phi) is 7.39. The summed E-state index contributed by atoms with van der Waals surface area (Å²) in [5.41, 5.74) is 7.12. The fourth-order valence-electron chi connectivity index (χ4n) is 3.39. The van der Waals surface area contributed by atoms with E-state index in [0.717, 1.165) is 0 Å². The molecule has 13 nitrogen and oxygen atoms in total. The Hall–Kier alpha value is -4.81. The number of anilines is 3. The third-order valence-corrected chi connectivity index (χ3v) is 5.15. The van der Waals surface area contributed by atoms with Crippen molar-refractivity contribution in [2.75, 3.05) is 22.5 Å². The summed E-state index contributed by atoms with van der Waals surface area (Å²) in [7, 11) is 5.03. The zero-order chi connectivity index (χ0) is 25.7. The predicted molar refractivity (Wildman–Crippen MR) is 131 cm³/mol. The predicted octanol–water partition coefficient (Wildman–Crippen LogP) is 0.831. The molecule has 0 aliphatic rings. The van der Waals surface area contributed by atoms with Crippen LogP contribution in [0.1, 0.15) is 37.8 Å².